The molecule has 1 aromatic carbocycles. The average molecular weight is 393 g/mol. The molecule has 152 valence electrons. The van der Waals surface area contributed by atoms with Crippen LogP contribution in [0.4, 0.5) is 0 Å². The van der Waals surface area contributed by atoms with Crippen molar-refractivity contribution in [3.05, 3.63) is 53.5 Å². The first-order chi connectivity index (χ1) is 14.3. The first-order valence-electron chi connectivity index (χ1n) is 10.5. The number of fused-ring (bicyclic) bond motifs is 1. The van der Waals surface area contributed by atoms with Crippen molar-refractivity contribution in [1.29, 1.82) is 0 Å². The van der Waals surface area contributed by atoms with E-state index in [1.165, 1.54) is 29.3 Å². The molecule has 0 unspecified atom stereocenters. The Morgan fingerprint density at radius 2 is 2.03 bits per heavy atom. The maximum atomic E-state index is 12.7. The summed E-state index contributed by atoms with van der Waals surface area (Å²) in [5.74, 6) is -0.00364. The van der Waals surface area contributed by atoms with Gasteiger partial charge in [-0.15, -0.1) is 0 Å². The van der Waals surface area contributed by atoms with Crippen molar-refractivity contribution in [2.45, 2.75) is 31.8 Å². The fourth-order valence-corrected chi connectivity index (χ4v) is 4.51. The predicted octanol–water partition coefficient (Wildman–Crippen LogP) is 3.09. The molecule has 2 aromatic heterocycles. The van der Waals surface area contributed by atoms with Gasteiger partial charge in [-0.05, 0) is 54.6 Å². The third-order valence-electron chi connectivity index (χ3n) is 6.09. The van der Waals surface area contributed by atoms with Gasteiger partial charge in [0, 0.05) is 31.3 Å². The number of carbonyl (C=O) groups excluding carboxylic acids is 1. The Hall–Kier alpha value is -2.64. The SMILES string of the molecule is O=C(c1cc([C@@H]2CCCCN2Cc2ccc3[nH]ccc3c2)[nH]n1)N1CCOCC1. The van der Waals surface area contributed by atoms with Crippen LogP contribution in [0.5, 0.6) is 0 Å². The summed E-state index contributed by atoms with van der Waals surface area (Å²) in [6, 6.07) is 11.0. The maximum absolute atomic E-state index is 12.7. The van der Waals surface area contributed by atoms with Crippen molar-refractivity contribution in [2.75, 3.05) is 32.8 Å². The van der Waals surface area contributed by atoms with E-state index in [0.29, 0.717) is 32.0 Å². The monoisotopic (exact) mass is 393 g/mol. The van der Waals surface area contributed by atoms with Gasteiger partial charge in [0.25, 0.3) is 5.91 Å². The Morgan fingerprint density at radius 1 is 1.14 bits per heavy atom. The lowest BCUT2D eigenvalue weighted by Crippen LogP contribution is -2.40. The molecular weight excluding hydrogens is 366 g/mol. The van der Waals surface area contributed by atoms with E-state index >= 15 is 0 Å². The highest BCUT2D eigenvalue weighted by Gasteiger charge is 2.28. The number of ether oxygens (including phenoxy) is 1. The largest absolute Gasteiger partial charge is 0.378 e. The summed E-state index contributed by atoms with van der Waals surface area (Å²) in [5.41, 5.74) is 4.04. The number of morpholine rings is 1. The Kier molecular flexibility index (Phi) is 5.08. The number of amides is 1. The minimum absolute atomic E-state index is 0.00364. The zero-order valence-corrected chi connectivity index (χ0v) is 16.6. The molecular formula is C22H27N5O2. The van der Waals surface area contributed by atoms with E-state index in [1.54, 1.807) is 0 Å². The van der Waals surface area contributed by atoms with Crippen LogP contribution in [0.25, 0.3) is 10.9 Å². The zero-order chi connectivity index (χ0) is 19.6. The number of benzene rings is 1. The second-order valence-electron chi connectivity index (χ2n) is 7.99. The summed E-state index contributed by atoms with van der Waals surface area (Å²) < 4.78 is 5.35. The molecule has 0 saturated carbocycles. The number of hydrogen-bond donors (Lipinski definition) is 2. The Labute approximate surface area is 170 Å². The standard InChI is InChI=1S/C22H27N5O2/c28-22(26-9-11-29-12-10-26)20-14-19(24-25-20)21-3-1-2-8-27(21)15-16-4-5-18-17(13-16)6-7-23-18/h4-7,13-14,21,23H,1-3,8-12,15H2,(H,24,25)/t21-/m0/s1. The van der Waals surface area contributed by atoms with E-state index in [0.717, 1.165) is 25.2 Å². The van der Waals surface area contributed by atoms with Crippen molar-refractivity contribution >= 4 is 16.8 Å². The number of rotatable bonds is 4. The van der Waals surface area contributed by atoms with E-state index in [9.17, 15) is 4.79 Å². The number of nitrogens with one attached hydrogen (secondary N) is 2. The highest BCUT2D eigenvalue weighted by atomic mass is 16.5. The molecule has 2 saturated heterocycles. The molecule has 0 spiro atoms. The number of hydrogen-bond acceptors (Lipinski definition) is 4. The van der Waals surface area contributed by atoms with Gasteiger partial charge >= 0.3 is 0 Å². The lowest BCUT2D eigenvalue weighted by Gasteiger charge is -2.35. The van der Waals surface area contributed by atoms with Crippen LogP contribution in [-0.2, 0) is 11.3 Å². The number of aromatic amines is 2. The smallest absolute Gasteiger partial charge is 0.274 e. The van der Waals surface area contributed by atoms with E-state index in [1.807, 2.05) is 17.2 Å². The molecule has 0 bridgehead atoms. The lowest BCUT2D eigenvalue weighted by molar-refractivity contribution is 0.0299. The number of carbonyl (C=O) groups is 1. The van der Waals surface area contributed by atoms with Gasteiger partial charge in [-0.2, -0.15) is 5.10 Å². The molecule has 0 radical (unpaired) electrons. The van der Waals surface area contributed by atoms with Gasteiger partial charge in [0.05, 0.1) is 24.9 Å². The lowest BCUT2D eigenvalue weighted by atomic mass is 9.98. The molecule has 2 N–H and O–H groups in total. The minimum Gasteiger partial charge on any atom is -0.378 e. The first-order valence-corrected chi connectivity index (χ1v) is 10.5. The number of aromatic nitrogens is 3. The summed E-state index contributed by atoms with van der Waals surface area (Å²) in [6.07, 6.45) is 5.47. The highest BCUT2D eigenvalue weighted by molar-refractivity contribution is 5.92. The summed E-state index contributed by atoms with van der Waals surface area (Å²) in [4.78, 5) is 20.3. The minimum atomic E-state index is -0.00364. The summed E-state index contributed by atoms with van der Waals surface area (Å²) in [5, 5.41) is 8.76. The van der Waals surface area contributed by atoms with Crippen LogP contribution >= 0.6 is 0 Å². The molecule has 2 aliphatic rings. The fraction of sp³-hybridized carbons (Fsp3) is 0.455. The van der Waals surface area contributed by atoms with Gasteiger partial charge in [0.2, 0.25) is 0 Å². The molecule has 29 heavy (non-hydrogen) atoms. The Balaban J connectivity index is 1.33. The molecule has 7 nitrogen and oxygen atoms in total. The van der Waals surface area contributed by atoms with Crippen molar-refractivity contribution < 1.29 is 9.53 Å². The molecule has 1 amide bonds. The first kappa shape index (κ1) is 18.4. The molecule has 5 rings (SSSR count). The van der Waals surface area contributed by atoms with Crippen LogP contribution < -0.4 is 0 Å². The number of piperidine rings is 1. The van der Waals surface area contributed by atoms with E-state index in [2.05, 4.69) is 44.3 Å². The van der Waals surface area contributed by atoms with Crippen LogP contribution in [0.1, 0.15) is 47.1 Å². The second kappa shape index (κ2) is 8.00. The predicted molar refractivity (Wildman–Crippen MR) is 111 cm³/mol. The molecule has 0 aliphatic carbocycles. The van der Waals surface area contributed by atoms with Crippen LogP contribution in [0.3, 0.4) is 0 Å². The third kappa shape index (κ3) is 3.80. The summed E-state index contributed by atoms with van der Waals surface area (Å²) >= 11 is 0. The van der Waals surface area contributed by atoms with Crippen LogP contribution in [0, 0.1) is 0 Å². The van der Waals surface area contributed by atoms with Gasteiger partial charge in [-0.3, -0.25) is 14.8 Å². The van der Waals surface area contributed by atoms with Crippen molar-refractivity contribution in [3.63, 3.8) is 0 Å². The van der Waals surface area contributed by atoms with Crippen LogP contribution in [-0.4, -0.2) is 63.7 Å². The van der Waals surface area contributed by atoms with Crippen molar-refractivity contribution in [1.82, 2.24) is 25.0 Å². The molecule has 2 aliphatic heterocycles. The number of H-pyrrole nitrogens is 2. The third-order valence-corrected chi connectivity index (χ3v) is 6.09. The zero-order valence-electron chi connectivity index (χ0n) is 16.6. The Morgan fingerprint density at radius 3 is 2.93 bits per heavy atom. The topological polar surface area (TPSA) is 77.2 Å². The molecule has 1 atom stereocenters. The maximum Gasteiger partial charge on any atom is 0.274 e. The molecule has 7 heteroatoms. The summed E-state index contributed by atoms with van der Waals surface area (Å²) in [6.45, 7) is 4.44. The normalized spacial score (nSPS) is 21.0. The van der Waals surface area contributed by atoms with Crippen LogP contribution in [0.2, 0.25) is 0 Å². The molecule has 2 fully saturated rings. The summed E-state index contributed by atoms with van der Waals surface area (Å²) in [7, 11) is 0. The fourth-order valence-electron chi connectivity index (χ4n) is 4.51. The van der Waals surface area contributed by atoms with Crippen LogP contribution in [0.15, 0.2) is 36.5 Å². The van der Waals surface area contributed by atoms with Gasteiger partial charge in [-0.1, -0.05) is 12.5 Å². The van der Waals surface area contributed by atoms with Crippen molar-refractivity contribution in [3.8, 4) is 0 Å². The second-order valence-corrected chi connectivity index (χ2v) is 7.99. The number of nitrogens with zero attached hydrogens (tertiary/aromatic N) is 3. The van der Waals surface area contributed by atoms with E-state index < -0.39 is 0 Å². The van der Waals surface area contributed by atoms with Gasteiger partial charge < -0.3 is 14.6 Å². The van der Waals surface area contributed by atoms with E-state index in [4.69, 9.17) is 4.74 Å². The van der Waals surface area contributed by atoms with E-state index in [-0.39, 0.29) is 11.9 Å². The van der Waals surface area contributed by atoms with Crippen molar-refractivity contribution in [2.24, 2.45) is 0 Å². The van der Waals surface area contributed by atoms with Gasteiger partial charge in [-0.25, -0.2) is 0 Å². The Bertz CT molecular complexity index is 988. The van der Waals surface area contributed by atoms with Gasteiger partial charge in [0.15, 0.2) is 0 Å². The average Bonchev–Trinajstić information content (AvgIpc) is 3.44. The number of likely N-dealkylation sites (tertiary alicyclic amines) is 1. The van der Waals surface area contributed by atoms with Gasteiger partial charge in [0.1, 0.15) is 5.69 Å². The highest BCUT2D eigenvalue weighted by Crippen LogP contribution is 2.32. The molecule has 4 heterocycles. The quantitative estimate of drug-likeness (QED) is 0.714. The molecule has 3 aromatic rings.